The summed E-state index contributed by atoms with van der Waals surface area (Å²) in [5.41, 5.74) is 0.336. The first kappa shape index (κ1) is 10.3. The molecule has 6 heteroatoms. The third-order valence-corrected chi connectivity index (χ3v) is 2.53. The molecule has 0 aliphatic heterocycles. The lowest BCUT2D eigenvalue weighted by molar-refractivity contribution is 0.472. The van der Waals surface area contributed by atoms with Gasteiger partial charge >= 0.3 is 0 Å². The van der Waals surface area contributed by atoms with E-state index in [0.717, 1.165) is 6.26 Å². The molecule has 1 rings (SSSR count). The minimum Gasteiger partial charge on any atom is -0.507 e. The molecule has 0 unspecified atom stereocenters. The van der Waals surface area contributed by atoms with E-state index in [1.807, 2.05) is 0 Å². The smallest absolute Gasteiger partial charge is 0.229 e. The molecule has 1 aromatic carbocycles. The van der Waals surface area contributed by atoms with Crippen molar-refractivity contribution in [2.45, 2.75) is 0 Å². The fraction of sp³-hybridized carbons (Fsp3) is 0.143. The van der Waals surface area contributed by atoms with Crippen LogP contribution in [0.1, 0.15) is 0 Å². The Kier molecular flexibility index (Phi) is 2.82. The van der Waals surface area contributed by atoms with E-state index in [9.17, 15) is 13.5 Å². The van der Waals surface area contributed by atoms with Gasteiger partial charge in [-0.1, -0.05) is 0 Å². The van der Waals surface area contributed by atoms with Gasteiger partial charge in [0.1, 0.15) is 5.75 Å². The Bertz CT molecular complexity index is 416. The van der Waals surface area contributed by atoms with Gasteiger partial charge in [0.2, 0.25) is 10.0 Å². The first-order chi connectivity index (χ1) is 5.88. The Labute approximate surface area is 84.8 Å². The van der Waals surface area contributed by atoms with Crippen LogP contribution in [0.5, 0.6) is 5.75 Å². The number of phenols is 1. The van der Waals surface area contributed by atoms with Crippen molar-refractivity contribution in [3.8, 4) is 5.75 Å². The van der Waals surface area contributed by atoms with E-state index in [0.29, 0.717) is 10.2 Å². The average Bonchev–Trinajstić information content (AvgIpc) is 1.94. The number of hydrogen-bond acceptors (Lipinski definition) is 3. The lowest BCUT2D eigenvalue weighted by Crippen LogP contribution is -2.09. The van der Waals surface area contributed by atoms with Gasteiger partial charge in [0, 0.05) is 6.07 Å². The van der Waals surface area contributed by atoms with Crippen molar-refractivity contribution in [2.24, 2.45) is 0 Å². The molecule has 2 N–H and O–H groups in total. The first-order valence-corrected chi connectivity index (χ1v) is 6.03. The van der Waals surface area contributed by atoms with Crippen LogP contribution in [0.25, 0.3) is 0 Å². The number of sulfonamides is 1. The van der Waals surface area contributed by atoms with Gasteiger partial charge in [-0.15, -0.1) is 0 Å². The maximum Gasteiger partial charge on any atom is 0.229 e. The number of phenolic OH excluding ortho intramolecular Hbond substituents is 1. The fourth-order valence-corrected chi connectivity index (χ4v) is 1.59. The van der Waals surface area contributed by atoms with Gasteiger partial charge in [-0.25, -0.2) is 8.42 Å². The van der Waals surface area contributed by atoms with Crippen LogP contribution >= 0.6 is 15.9 Å². The zero-order valence-electron chi connectivity index (χ0n) is 6.78. The van der Waals surface area contributed by atoms with E-state index in [-0.39, 0.29) is 5.75 Å². The van der Waals surface area contributed by atoms with Crippen LogP contribution in [-0.2, 0) is 10.0 Å². The van der Waals surface area contributed by atoms with Crippen molar-refractivity contribution < 1.29 is 13.5 Å². The van der Waals surface area contributed by atoms with E-state index in [1.165, 1.54) is 6.07 Å². The molecule has 0 atom stereocenters. The predicted molar refractivity (Wildman–Crippen MR) is 54.3 cm³/mol. The van der Waals surface area contributed by atoms with Crippen LogP contribution in [0.15, 0.2) is 22.7 Å². The summed E-state index contributed by atoms with van der Waals surface area (Å²) in [6.45, 7) is 0. The zero-order chi connectivity index (χ0) is 10.1. The summed E-state index contributed by atoms with van der Waals surface area (Å²) >= 11 is 3.08. The van der Waals surface area contributed by atoms with E-state index in [4.69, 9.17) is 0 Å². The Morgan fingerprint density at radius 2 is 2.08 bits per heavy atom. The molecule has 0 saturated carbocycles. The van der Waals surface area contributed by atoms with Gasteiger partial charge in [-0.2, -0.15) is 0 Å². The summed E-state index contributed by atoms with van der Waals surface area (Å²) < 4.78 is 24.3. The molecule has 0 heterocycles. The molecule has 0 radical (unpaired) electrons. The highest BCUT2D eigenvalue weighted by atomic mass is 79.9. The highest BCUT2D eigenvalue weighted by Crippen LogP contribution is 2.26. The third-order valence-electron chi connectivity index (χ3n) is 1.25. The van der Waals surface area contributed by atoms with E-state index in [1.54, 1.807) is 12.1 Å². The highest BCUT2D eigenvalue weighted by Gasteiger charge is 2.03. The number of nitrogens with one attached hydrogen (secondary N) is 1. The van der Waals surface area contributed by atoms with Crippen molar-refractivity contribution in [2.75, 3.05) is 11.0 Å². The van der Waals surface area contributed by atoms with E-state index >= 15 is 0 Å². The van der Waals surface area contributed by atoms with Crippen molar-refractivity contribution in [1.29, 1.82) is 0 Å². The Hall–Kier alpha value is -0.750. The van der Waals surface area contributed by atoms with Crippen LogP contribution < -0.4 is 4.72 Å². The minimum absolute atomic E-state index is 0.00588. The van der Waals surface area contributed by atoms with Crippen LogP contribution in [0.4, 0.5) is 5.69 Å². The number of aromatic hydroxyl groups is 1. The molecular weight excluding hydrogens is 258 g/mol. The van der Waals surface area contributed by atoms with Crippen molar-refractivity contribution in [3.05, 3.63) is 22.7 Å². The highest BCUT2D eigenvalue weighted by molar-refractivity contribution is 9.10. The molecule has 72 valence electrons. The fourth-order valence-electron chi connectivity index (χ4n) is 0.790. The second kappa shape index (κ2) is 3.55. The summed E-state index contributed by atoms with van der Waals surface area (Å²) in [5.74, 6) is -0.00588. The lowest BCUT2D eigenvalue weighted by atomic mass is 10.3. The van der Waals surface area contributed by atoms with Crippen LogP contribution in [0.2, 0.25) is 0 Å². The molecule has 0 aliphatic rings. The second-order valence-electron chi connectivity index (χ2n) is 2.54. The van der Waals surface area contributed by atoms with Gasteiger partial charge in [0.05, 0.1) is 16.4 Å². The molecule has 1 aromatic rings. The van der Waals surface area contributed by atoms with Crippen LogP contribution in [-0.4, -0.2) is 19.8 Å². The zero-order valence-corrected chi connectivity index (χ0v) is 9.18. The van der Waals surface area contributed by atoms with E-state index in [2.05, 4.69) is 20.7 Å². The largest absolute Gasteiger partial charge is 0.507 e. The third kappa shape index (κ3) is 3.23. The molecule has 0 saturated heterocycles. The summed E-state index contributed by atoms with van der Waals surface area (Å²) in [6.07, 6.45) is 1.05. The van der Waals surface area contributed by atoms with Gasteiger partial charge in [-0.05, 0) is 28.1 Å². The first-order valence-electron chi connectivity index (χ1n) is 3.35. The average molecular weight is 266 g/mol. The van der Waals surface area contributed by atoms with Crippen molar-refractivity contribution >= 4 is 31.6 Å². The number of hydrogen-bond donors (Lipinski definition) is 2. The van der Waals surface area contributed by atoms with Crippen LogP contribution in [0, 0.1) is 0 Å². The normalized spacial score (nSPS) is 11.2. The topological polar surface area (TPSA) is 66.4 Å². The van der Waals surface area contributed by atoms with Gasteiger partial charge in [0.25, 0.3) is 0 Å². The molecular formula is C7H8BrNO3S. The van der Waals surface area contributed by atoms with E-state index < -0.39 is 10.0 Å². The molecule has 4 nitrogen and oxygen atoms in total. The molecule has 0 aromatic heterocycles. The molecule has 13 heavy (non-hydrogen) atoms. The van der Waals surface area contributed by atoms with Gasteiger partial charge < -0.3 is 5.11 Å². The molecule has 0 spiro atoms. The second-order valence-corrected chi connectivity index (χ2v) is 5.14. The molecule has 0 fully saturated rings. The minimum atomic E-state index is -3.28. The Morgan fingerprint density at radius 3 is 2.54 bits per heavy atom. The standard InChI is InChI=1S/C7H8BrNO3S/c1-13(11,12)9-5-2-3-6(8)7(10)4-5/h2-4,9-10H,1H3. The number of rotatable bonds is 2. The summed E-state index contributed by atoms with van der Waals surface area (Å²) in [7, 11) is -3.28. The maximum atomic E-state index is 10.8. The number of benzene rings is 1. The molecule has 0 aliphatic carbocycles. The number of anilines is 1. The molecule has 0 amide bonds. The van der Waals surface area contributed by atoms with Crippen molar-refractivity contribution in [1.82, 2.24) is 0 Å². The van der Waals surface area contributed by atoms with Crippen molar-refractivity contribution in [3.63, 3.8) is 0 Å². The summed E-state index contributed by atoms with van der Waals surface area (Å²) in [5, 5.41) is 9.22. The van der Waals surface area contributed by atoms with Crippen LogP contribution in [0.3, 0.4) is 0 Å². The van der Waals surface area contributed by atoms with Gasteiger partial charge in [-0.3, -0.25) is 4.72 Å². The number of halogens is 1. The quantitative estimate of drug-likeness (QED) is 0.853. The SMILES string of the molecule is CS(=O)(=O)Nc1ccc(Br)c(O)c1. The lowest BCUT2D eigenvalue weighted by Gasteiger charge is -2.04. The summed E-state index contributed by atoms with van der Waals surface area (Å²) in [4.78, 5) is 0. The van der Waals surface area contributed by atoms with Gasteiger partial charge in [0.15, 0.2) is 0 Å². The Balaban J connectivity index is 2.99. The maximum absolute atomic E-state index is 10.8. The Morgan fingerprint density at radius 1 is 1.46 bits per heavy atom. The predicted octanol–water partition coefficient (Wildman–Crippen LogP) is 1.53. The molecule has 0 bridgehead atoms. The summed E-state index contributed by atoms with van der Waals surface area (Å²) in [6, 6.07) is 4.43. The monoisotopic (exact) mass is 265 g/mol.